The van der Waals surface area contributed by atoms with E-state index in [0.717, 1.165) is 19.4 Å². The van der Waals surface area contributed by atoms with Crippen LogP contribution in [0.4, 0.5) is 0 Å². The number of allylic oxidation sites excluding steroid dienone is 2. The van der Waals surface area contributed by atoms with Gasteiger partial charge in [0.05, 0.1) is 6.61 Å². The normalized spacial score (nSPS) is 12.1. The van der Waals surface area contributed by atoms with Crippen LogP contribution in [0, 0.1) is 6.61 Å². The van der Waals surface area contributed by atoms with E-state index in [4.69, 9.17) is 4.74 Å². The van der Waals surface area contributed by atoms with E-state index in [1.165, 1.54) is 5.57 Å². The number of hydrogen-bond donors (Lipinski definition) is 0. The van der Waals surface area contributed by atoms with Crippen molar-refractivity contribution in [2.75, 3.05) is 6.61 Å². The smallest absolute Gasteiger partial charge is 0.0805 e. The van der Waals surface area contributed by atoms with Gasteiger partial charge in [-0.1, -0.05) is 11.6 Å². The van der Waals surface area contributed by atoms with Gasteiger partial charge in [0.25, 0.3) is 0 Å². The molecule has 0 heterocycles. The minimum Gasteiger partial charge on any atom is -0.376 e. The molecule has 0 atom stereocenters. The molecule has 0 N–H and O–H groups in total. The molecule has 0 rings (SSSR count). The Morgan fingerprint density at radius 2 is 2.10 bits per heavy atom. The molecule has 59 valence electrons. The summed E-state index contributed by atoms with van der Waals surface area (Å²) in [5.74, 6) is 0. The maximum Gasteiger partial charge on any atom is 0.0805 e. The lowest BCUT2D eigenvalue weighted by Gasteiger charge is -1.99. The highest BCUT2D eigenvalue weighted by Crippen LogP contribution is 2.02. The third-order valence-corrected chi connectivity index (χ3v) is 1.49. The fourth-order valence-electron chi connectivity index (χ4n) is 0.697. The molecule has 0 fully saturated rings. The fourth-order valence-corrected chi connectivity index (χ4v) is 0.697. The minimum atomic E-state index is 0.849. The average Bonchev–Trinajstić information content (AvgIpc) is 1.98. The van der Waals surface area contributed by atoms with Crippen molar-refractivity contribution in [2.24, 2.45) is 0 Å². The lowest BCUT2D eigenvalue weighted by atomic mass is 10.2. The van der Waals surface area contributed by atoms with Gasteiger partial charge in [-0.3, -0.25) is 0 Å². The van der Waals surface area contributed by atoms with Crippen LogP contribution in [0.25, 0.3) is 0 Å². The van der Waals surface area contributed by atoms with E-state index in [-0.39, 0.29) is 0 Å². The molecule has 1 heteroatoms. The molecule has 0 spiro atoms. The third-order valence-electron chi connectivity index (χ3n) is 1.49. The summed E-state index contributed by atoms with van der Waals surface area (Å²) in [5.41, 5.74) is 1.44. The van der Waals surface area contributed by atoms with Crippen molar-refractivity contribution in [3.8, 4) is 0 Å². The van der Waals surface area contributed by atoms with E-state index < -0.39 is 0 Å². The van der Waals surface area contributed by atoms with Gasteiger partial charge in [-0.05, 0) is 33.6 Å². The second kappa shape index (κ2) is 6.81. The van der Waals surface area contributed by atoms with E-state index in [1.54, 1.807) is 6.61 Å². The summed E-state index contributed by atoms with van der Waals surface area (Å²) in [5, 5.41) is 0. The zero-order chi connectivity index (χ0) is 7.82. The molecular formula is C9H17O. The van der Waals surface area contributed by atoms with Crippen molar-refractivity contribution in [2.45, 2.75) is 33.6 Å². The molecule has 0 unspecified atom stereocenters. The molecule has 0 saturated heterocycles. The molecule has 0 bridgehead atoms. The van der Waals surface area contributed by atoms with Gasteiger partial charge in [0.15, 0.2) is 0 Å². The van der Waals surface area contributed by atoms with Crippen LogP contribution >= 0.6 is 0 Å². The van der Waals surface area contributed by atoms with Crippen LogP contribution < -0.4 is 0 Å². The summed E-state index contributed by atoms with van der Waals surface area (Å²) in [6, 6.07) is 0. The average molecular weight is 141 g/mol. The van der Waals surface area contributed by atoms with Gasteiger partial charge < -0.3 is 4.74 Å². The van der Waals surface area contributed by atoms with Crippen molar-refractivity contribution < 1.29 is 4.74 Å². The molecular weight excluding hydrogens is 124 g/mol. The Labute approximate surface area is 64.1 Å². The Morgan fingerprint density at radius 1 is 1.40 bits per heavy atom. The molecule has 1 nitrogen and oxygen atoms in total. The van der Waals surface area contributed by atoms with Gasteiger partial charge in [0.1, 0.15) is 0 Å². The molecule has 0 aliphatic heterocycles. The highest BCUT2D eigenvalue weighted by atomic mass is 16.5. The Morgan fingerprint density at radius 3 is 2.60 bits per heavy atom. The first-order chi connectivity index (χ1) is 4.81. The first-order valence-electron chi connectivity index (χ1n) is 3.82. The highest BCUT2D eigenvalue weighted by Gasteiger charge is 1.88. The maximum absolute atomic E-state index is 5.08. The number of ether oxygens (including phenoxy) is 1. The molecule has 10 heavy (non-hydrogen) atoms. The minimum absolute atomic E-state index is 0.849. The summed E-state index contributed by atoms with van der Waals surface area (Å²) in [6.07, 6.45) is 4.43. The van der Waals surface area contributed by atoms with Crippen LogP contribution in [0.5, 0.6) is 0 Å². The molecule has 0 aliphatic rings. The van der Waals surface area contributed by atoms with Crippen LogP contribution in [0.1, 0.15) is 33.6 Å². The van der Waals surface area contributed by atoms with Crippen molar-refractivity contribution in [3.63, 3.8) is 0 Å². The first-order valence-corrected chi connectivity index (χ1v) is 3.82. The molecule has 0 saturated carbocycles. The predicted molar refractivity (Wildman–Crippen MR) is 44.6 cm³/mol. The standard InChI is InChI=1S/C9H17O/c1-4-9(3)7-6-8-10-5-2/h4-5H,6-8H2,1-3H3/b9-4+. The second-order valence-corrected chi connectivity index (χ2v) is 2.35. The van der Waals surface area contributed by atoms with Crippen LogP contribution in [0.2, 0.25) is 0 Å². The summed E-state index contributed by atoms with van der Waals surface area (Å²) in [6.45, 7) is 8.72. The number of rotatable bonds is 5. The molecule has 0 aromatic rings. The van der Waals surface area contributed by atoms with E-state index >= 15 is 0 Å². The lowest BCUT2D eigenvalue weighted by Crippen LogP contribution is -1.89. The molecule has 0 amide bonds. The Hall–Kier alpha value is -0.300. The summed E-state index contributed by atoms with van der Waals surface area (Å²) >= 11 is 0. The monoisotopic (exact) mass is 141 g/mol. The van der Waals surface area contributed by atoms with E-state index in [0.29, 0.717) is 0 Å². The summed E-state index contributed by atoms with van der Waals surface area (Å²) in [7, 11) is 0. The van der Waals surface area contributed by atoms with E-state index in [1.807, 2.05) is 6.92 Å². The molecule has 0 aliphatic carbocycles. The third kappa shape index (κ3) is 5.83. The van der Waals surface area contributed by atoms with Crippen molar-refractivity contribution >= 4 is 0 Å². The van der Waals surface area contributed by atoms with Gasteiger partial charge in [0.2, 0.25) is 0 Å². The predicted octanol–water partition coefficient (Wildman–Crippen LogP) is 2.93. The topological polar surface area (TPSA) is 9.23 Å². The Kier molecular flexibility index (Phi) is 6.61. The number of hydrogen-bond acceptors (Lipinski definition) is 1. The van der Waals surface area contributed by atoms with Gasteiger partial charge in [0, 0.05) is 6.61 Å². The van der Waals surface area contributed by atoms with Gasteiger partial charge >= 0.3 is 0 Å². The van der Waals surface area contributed by atoms with Crippen molar-refractivity contribution in [1.82, 2.24) is 0 Å². The van der Waals surface area contributed by atoms with E-state index in [2.05, 4.69) is 19.9 Å². The Balaban J connectivity index is 3.04. The van der Waals surface area contributed by atoms with Gasteiger partial charge in [-0.2, -0.15) is 0 Å². The molecule has 0 aromatic carbocycles. The van der Waals surface area contributed by atoms with Gasteiger partial charge in [-0.15, -0.1) is 0 Å². The fraction of sp³-hybridized carbons (Fsp3) is 0.667. The highest BCUT2D eigenvalue weighted by molar-refractivity contribution is 4.94. The zero-order valence-electron chi connectivity index (χ0n) is 7.18. The summed E-state index contributed by atoms with van der Waals surface area (Å²) < 4.78 is 5.08. The zero-order valence-corrected chi connectivity index (χ0v) is 7.18. The summed E-state index contributed by atoms with van der Waals surface area (Å²) in [4.78, 5) is 0. The van der Waals surface area contributed by atoms with Crippen molar-refractivity contribution in [1.29, 1.82) is 0 Å². The van der Waals surface area contributed by atoms with Crippen LogP contribution in [-0.4, -0.2) is 6.61 Å². The Bertz CT molecular complexity index is 94.9. The second-order valence-electron chi connectivity index (χ2n) is 2.35. The first kappa shape index (κ1) is 9.70. The molecule has 1 radical (unpaired) electrons. The van der Waals surface area contributed by atoms with Gasteiger partial charge in [-0.25, -0.2) is 0 Å². The van der Waals surface area contributed by atoms with Crippen LogP contribution in [-0.2, 0) is 4.74 Å². The molecule has 0 aromatic heterocycles. The van der Waals surface area contributed by atoms with Crippen LogP contribution in [0.15, 0.2) is 11.6 Å². The maximum atomic E-state index is 5.08. The van der Waals surface area contributed by atoms with Crippen molar-refractivity contribution in [3.05, 3.63) is 18.3 Å². The lowest BCUT2D eigenvalue weighted by molar-refractivity contribution is 0.201. The quantitative estimate of drug-likeness (QED) is 0.422. The van der Waals surface area contributed by atoms with Crippen LogP contribution in [0.3, 0.4) is 0 Å². The SMILES string of the molecule is C[CH]OCCC/C(C)=C/C. The van der Waals surface area contributed by atoms with E-state index in [9.17, 15) is 0 Å². The largest absolute Gasteiger partial charge is 0.376 e.